The summed E-state index contributed by atoms with van der Waals surface area (Å²) in [6, 6.07) is 15.6. The van der Waals surface area contributed by atoms with Crippen molar-refractivity contribution in [3.63, 3.8) is 0 Å². The number of carbonyl (C=O) groups is 4. The fourth-order valence-corrected chi connectivity index (χ4v) is 6.24. The number of hydrogen-bond acceptors (Lipinski definition) is 5. The molecule has 2 heterocycles. The van der Waals surface area contributed by atoms with E-state index in [1.54, 1.807) is 16.8 Å². The molecular weight excluding hydrogens is 496 g/mol. The third-order valence-electron chi connectivity index (χ3n) is 8.84. The summed E-state index contributed by atoms with van der Waals surface area (Å²) in [5.41, 5.74) is 2.43. The average Bonchev–Trinajstić information content (AvgIpc) is 3.67. The van der Waals surface area contributed by atoms with Gasteiger partial charge in [-0.1, -0.05) is 48.5 Å². The second-order valence-corrected chi connectivity index (χ2v) is 11.2. The first-order valence-corrected chi connectivity index (χ1v) is 13.8. The van der Waals surface area contributed by atoms with E-state index in [-0.39, 0.29) is 30.4 Å². The molecule has 1 spiro atoms. The van der Waals surface area contributed by atoms with E-state index in [1.807, 2.05) is 49.4 Å². The number of nitrogens with zero attached hydrogens (tertiary/aromatic N) is 3. The Morgan fingerprint density at radius 2 is 1.87 bits per heavy atom. The van der Waals surface area contributed by atoms with Crippen LogP contribution in [0.5, 0.6) is 0 Å². The van der Waals surface area contributed by atoms with E-state index in [4.69, 9.17) is 4.74 Å². The summed E-state index contributed by atoms with van der Waals surface area (Å²) in [5.74, 6) is -0.0234. The molecule has 2 aliphatic carbocycles. The summed E-state index contributed by atoms with van der Waals surface area (Å²) in [6.07, 6.45) is 2.37. The molecule has 2 aromatic carbocycles. The molecule has 9 nitrogen and oxygen atoms in total. The third kappa shape index (κ3) is 4.43. The molecular formula is C30H34N4O5. The Morgan fingerprint density at radius 3 is 2.56 bits per heavy atom. The summed E-state index contributed by atoms with van der Waals surface area (Å²) in [4.78, 5) is 56.7. The zero-order chi connectivity index (χ0) is 27.3. The Kier molecular flexibility index (Phi) is 6.32. The van der Waals surface area contributed by atoms with Gasteiger partial charge in [-0.05, 0) is 48.8 Å². The van der Waals surface area contributed by atoms with Gasteiger partial charge in [-0.15, -0.1) is 0 Å². The predicted molar refractivity (Wildman–Crippen MR) is 143 cm³/mol. The molecule has 39 heavy (non-hydrogen) atoms. The van der Waals surface area contributed by atoms with Crippen LogP contribution in [0.25, 0.3) is 0 Å². The minimum Gasteiger partial charge on any atom is -0.427 e. The molecule has 1 saturated carbocycles. The molecule has 4 aliphatic rings. The highest BCUT2D eigenvalue weighted by molar-refractivity contribution is 6.06. The quantitative estimate of drug-likeness (QED) is 0.592. The van der Waals surface area contributed by atoms with Crippen LogP contribution in [-0.4, -0.2) is 71.4 Å². The van der Waals surface area contributed by atoms with E-state index in [9.17, 15) is 19.2 Å². The monoisotopic (exact) mass is 530 g/mol. The minimum absolute atomic E-state index is 0.0249. The van der Waals surface area contributed by atoms with Gasteiger partial charge in [0.05, 0.1) is 0 Å². The van der Waals surface area contributed by atoms with E-state index < -0.39 is 17.6 Å². The highest BCUT2D eigenvalue weighted by Crippen LogP contribution is 2.46. The topological polar surface area (TPSA) is 99.3 Å². The summed E-state index contributed by atoms with van der Waals surface area (Å²) >= 11 is 0. The maximum absolute atomic E-state index is 13.7. The summed E-state index contributed by atoms with van der Waals surface area (Å²) < 4.78 is 5.79. The number of ether oxygens (including phenoxy) is 1. The first kappa shape index (κ1) is 25.4. The first-order chi connectivity index (χ1) is 18.8. The standard InChI is InChI=1S/C30H34N4O5/c1-19(21-8-9-21)33(15-20-6-4-3-5-7-20)26(35)18-34-27(36)30(39-29(34)38)13-12-23-14-22(10-11-25(23)30)24-16-32(17-24)28(37)31-2/h3-7,10-11,14,19,21,24H,8-9,12-13,15-18H2,1-2H3,(H,31,37)/t19-,30+/m0/s1. The molecule has 0 unspecified atom stereocenters. The number of nitrogens with one attached hydrogen (secondary N) is 1. The smallest absolute Gasteiger partial charge is 0.418 e. The second kappa shape index (κ2) is 9.70. The zero-order valence-corrected chi connectivity index (χ0v) is 22.4. The maximum atomic E-state index is 13.7. The summed E-state index contributed by atoms with van der Waals surface area (Å²) in [5, 5.41) is 2.64. The van der Waals surface area contributed by atoms with Gasteiger partial charge in [0, 0.05) is 50.6 Å². The van der Waals surface area contributed by atoms with Crippen LogP contribution in [0.15, 0.2) is 48.5 Å². The van der Waals surface area contributed by atoms with E-state index >= 15 is 0 Å². The Labute approximate surface area is 228 Å². The number of likely N-dealkylation sites (tertiary alicyclic amines) is 1. The molecule has 6 rings (SSSR count). The number of aryl methyl sites for hydroxylation is 1. The SMILES string of the molecule is CNC(=O)N1CC(c2ccc3c(c2)CC[C@@]32OC(=O)N(CC(=O)N(Cc3ccccc3)[C@@H](C)C3CC3)C2=O)C1. The van der Waals surface area contributed by atoms with Crippen molar-refractivity contribution < 1.29 is 23.9 Å². The highest BCUT2D eigenvalue weighted by Gasteiger charge is 2.58. The van der Waals surface area contributed by atoms with Gasteiger partial charge in [-0.25, -0.2) is 14.5 Å². The number of imide groups is 1. The maximum Gasteiger partial charge on any atom is 0.418 e. The van der Waals surface area contributed by atoms with Gasteiger partial charge in [-0.2, -0.15) is 0 Å². The Bertz CT molecular complexity index is 1320. The fourth-order valence-electron chi connectivity index (χ4n) is 6.24. The Hall–Kier alpha value is -3.88. The molecule has 2 atom stereocenters. The fraction of sp³-hybridized carbons (Fsp3) is 0.467. The lowest BCUT2D eigenvalue weighted by Gasteiger charge is -2.39. The number of benzene rings is 2. The predicted octanol–water partition coefficient (Wildman–Crippen LogP) is 3.37. The van der Waals surface area contributed by atoms with Crippen LogP contribution < -0.4 is 5.32 Å². The first-order valence-electron chi connectivity index (χ1n) is 13.8. The molecule has 5 amide bonds. The van der Waals surface area contributed by atoms with Crippen molar-refractivity contribution in [2.45, 2.75) is 56.7 Å². The number of carbonyl (C=O) groups excluding carboxylic acids is 4. The van der Waals surface area contributed by atoms with Crippen molar-refractivity contribution in [1.82, 2.24) is 20.0 Å². The molecule has 3 fully saturated rings. The van der Waals surface area contributed by atoms with E-state index in [0.29, 0.717) is 44.0 Å². The highest BCUT2D eigenvalue weighted by atomic mass is 16.6. The second-order valence-electron chi connectivity index (χ2n) is 11.2. The number of hydrogen-bond donors (Lipinski definition) is 1. The van der Waals surface area contributed by atoms with Crippen LogP contribution in [0, 0.1) is 5.92 Å². The van der Waals surface area contributed by atoms with Crippen LogP contribution in [0.4, 0.5) is 9.59 Å². The summed E-state index contributed by atoms with van der Waals surface area (Å²) in [6.45, 7) is 3.45. The van der Waals surface area contributed by atoms with Crippen molar-refractivity contribution in [3.8, 4) is 0 Å². The van der Waals surface area contributed by atoms with E-state index in [2.05, 4.69) is 11.4 Å². The molecule has 0 aromatic heterocycles. The van der Waals surface area contributed by atoms with Gasteiger partial charge in [-0.3, -0.25) is 9.59 Å². The van der Waals surface area contributed by atoms with Crippen LogP contribution in [0.3, 0.4) is 0 Å². The summed E-state index contributed by atoms with van der Waals surface area (Å²) in [7, 11) is 1.62. The number of fused-ring (bicyclic) bond motifs is 2. The largest absolute Gasteiger partial charge is 0.427 e. The molecule has 9 heteroatoms. The van der Waals surface area contributed by atoms with Crippen molar-refractivity contribution in [2.75, 3.05) is 26.7 Å². The van der Waals surface area contributed by atoms with E-state index in [1.165, 1.54) is 0 Å². The van der Waals surface area contributed by atoms with Crippen molar-refractivity contribution in [2.24, 2.45) is 5.92 Å². The number of urea groups is 1. The molecule has 1 N–H and O–H groups in total. The molecule has 2 aliphatic heterocycles. The lowest BCUT2D eigenvalue weighted by atomic mass is 9.88. The van der Waals surface area contributed by atoms with Crippen LogP contribution >= 0.6 is 0 Å². The van der Waals surface area contributed by atoms with Crippen LogP contribution in [0.1, 0.15) is 54.4 Å². The third-order valence-corrected chi connectivity index (χ3v) is 8.84. The van der Waals surface area contributed by atoms with Gasteiger partial charge in [0.15, 0.2) is 0 Å². The normalized spacial score (nSPS) is 22.9. The van der Waals surface area contributed by atoms with Gasteiger partial charge in [0.1, 0.15) is 6.54 Å². The Balaban J connectivity index is 1.18. The molecule has 0 bridgehead atoms. The van der Waals surface area contributed by atoms with Crippen molar-refractivity contribution in [3.05, 3.63) is 70.8 Å². The molecule has 0 radical (unpaired) electrons. The lowest BCUT2D eigenvalue weighted by Crippen LogP contribution is -2.51. The van der Waals surface area contributed by atoms with Crippen LogP contribution in [-0.2, 0) is 32.9 Å². The Morgan fingerprint density at radius 1 is 1.13 bits per heavy atom. The average molecular weight is 531 g/mol. The van der Waals surface area contributed by atoms with Gasteiger partial charge in [0.25, 0.3) is 5.91 Å². The lowest BCUT2D eigenvalue weighted by molar-refractivity contribution is -0.143. The molecule has 204 valence electrons. The van der Waals surface area contributed by atoms with Gasteiger partial charge in [0.2, 0.25) is 11.5 Å². The zero-order valence-electron chi connectivity index (χ0n) is 22.4. The number of amides is 5. The van der Waals surface area contributed by atoms with Gasteiger partial charge < -0.3 is 19.9 Å². The van der Waals surface area contributed by atoms with Crippen molar-refractivity contribution >= 4 is 23.9 Å². The van der Waals surface area contributed by atoms with Crippen LogP contribution in [0.2, 0.25) is 0 Å². The molecule has 2 aromatic rings. The van der Waals surface area contributed by atoms with Crippen molar-refractivity contribution in [1.29, 1.82) is 0 Å². The van der Waals surface area contributed by atoms with E-state index in [0.717, 1.165) is 34.4 Å². The van der Waals surface area contributed by atoms with Gasteiger partial charge >= 0.3 is 12.1 Å². The number of rotatable bonds is 7. The molecule has 2 saturated heterocycles. The minimum atomic E-state index is -1.37.